The van der Waals surface area contributed by atoms with Gasteiger partial charge >= 0.3 is 0 Å². The Bertz CT molecular complexity index is 401. The normalized spacial score (nSPS) is 10.8. The number of rotatable bonds is 1. The van der Waals surface area contributed by atoms with Gasteiger partial charge in [-0.1, -0.05) is 25.1 Å². The summed E-state index contributed by atoms with van der Waals surface area (Å²) in [6.45, 7) is 2.14. The summed E-state index contributed by atoms with van der Waals surface area (Å²) >= 11 is 0. The third kappa shape index (κ3) is 0.881. The molecule has 2 heteroatoms. The fraction of sp³-hybridized carbons (Fsp3) is 0.200. The van der Waals surface area contributed by atoms with Crippen LogP contribution in [0.15, 0.2) is 30.5 Å². The van der Waals surface area contributed by atoms with Gasteiger partial charge in [0, 0.05) is 11.6 Å². The van der Waals surface area contributed by atoms with Crippen LogP contribution in [0.1, 0.15) is 12.5 Å². The first-order valence-corrected chi connectivity index (χ1v) is 4.17. The number of aromatic nitrogens is 1. The highest BCUT2D eigenvalue weighted by Crippen LogP contribution is 2.18. The first kappa shape index (κ1) is 7.22. The van der Waals surface area contributed by atoms with Gasteiger partial charge < -0.3 is 5.84 Å². The van der Waals surface area contributed by atoms with Crippen molar-refractivity contribution in [3.05, 3.63) is 36.0 Å². The number of nitrogens with zero attached hydrogens (tertiary/aromatic N) is 1. The lowest BCUT2D eigenvalue weighted by atomic mass is 10.1. The summed E-state index contributed by atoms with van der Waals surface area (Å²) in [7, 11) is 0. The first-order chi connectivity index (χ1) is 5.83. The monoisotopic (exact) mass is 160 g/mol. The van der Waals surface area contributed by atoms with E-state index in [9.17, 15) is 0 Å². The van der Waals surface area contributed by atoms with E-state index in [0.717, 1.165) is 11.9 Å². The van der Waals surface area contributed by atoms with Crippen molar-refractivity contribution in [3.8, 4) is 0 Å². The van der Waals surface area contributed by atoms with Crippen LogP contribution in [0.25, 0.3) is 10.9 Å². The number of aryl methyl sites for hydroxylation is 1. The lowest BCUT2D eigenvalue weighted by molar-refractivity contribution is 1.04. The van der Waals surface area contributed by atoms with Crippen LogP contribution in [0.4, 0.5) is 0 Å². The van der Waals surface area contributed by atoms with Gasteiger partial charge in [0.25, 0.3) is 0 Å². The maximum atomic E-state index is 5.77. The van der Waals surface area contributed by atoms with Crippen LogP contribution in [0.2, 0.25) is 0 Å². The van der Waals surface area contributed by atoms with Crippen LogP contribution >= 0.6 is 0 Å². The molecule has 0 spiro atoms. The molecular formula is C10H12N2. The lowest BCUT2D eigenvalue weighted by Gasteiger charge is -2.02. The van der Waals surface area contributed by atoms with E-state index in [1.54, 1.807) is 4.68 Å². The molecule has 0 aliphatic carbocycles. The Kier molecular flexibility index (Phi) is 1.54. The van der Waals surface area contributed by atoms with E-state index in [1.807, 2.05) is 12.3 Å². The second kappa shape index (κ2) is 2.55. The second-order valence-corrected chi connectivity index (χ2v) is 2.93. The molecule has 2 N–H and O–H groups in total. The van der Waals surface area contributed by atoms with Crippen molar-refractivity contribution in [1.82, 2.24) is 4.68 Å². The molecule has 0 aliphatic heterocycles. The molecule has 1 aromatic carbocycles. The van der Waals surface area contributed by atoms with Crippen LogP contribution in [0.3, 0.4) is 0 Å². The standard InChI is InChI=1S/C10H12N2/c1-2-8-4-3-5-9-6-7-12(11)10(8)9/h3-7H,2,11H2,1H3. The molecule has 0 radical (unpaired) electrons. The number of nitrogen functional groups attached to an aromatic ring is 1. The minimum Gasteiger partial charge on any atom is -0.339 e. The van der Waals surface area contributed by atoms with Gasteiger partial charge in [-0.05, 0) is 18.1 Å². The summed E-state index contributed by atoms with van der Waals surface area (Å²) in [6, 6.07) is 8.30. The van der Waals surface area contributed by atoms with Gasteiger partial charge in [-0.3, -0.25) is 4.68 Å². The van der Waals surface area contributed by atoms with Gasteiger partial charge in [-0.25, -0.2) is 0 Å². The summed E-state index contributed by atoms with van der Waals surface area (Å²) in [5, 5.41) is 1.22. The van der Waals surface area contributed by atoms with Crippen LogP contribution < -0.4 is 5.84 Å². The van der Waals surface area contributed by atoms with Gasteiger partial charge in [0.1, 0.15) is 0 Å². The van der Waals surface area contributed by atoms with E-state index in [1.165, 1.54) is 10.9 Å². The van der Waals surface area contributed by atoms with Crippen molar-refractivity contribution in [2.45, 2.75) is 13.3 Å². The summed E-state index contributed by atoms with van der Waals surface area (Å²) in [4.78, 5) is 0. The van der Waals surface area contributed by atoms with E-state index in [0.29, 0.717) is 0 Å². The quantitative estimate of drug-likeness (QED) is 0.635. The zero-order valence-electron chi connectivity index (χ0n) is 7.12. The summed E-state index contributed by atoms with van der Waals surface area (Å²) in [6.07, 6.45) is 2.92. The molecule has 0 unspecified atom stereocenters. The highest BCUT2D eigenvalue weighted by atomic mass is 15.3. The fourth-order valence-electron chi connectivity index (χ4n) is 1.58. The van der Waals surface area contributed by atoms with Crippen LogP contribution in [-0.2, 0) is 6.42 Å². The molecule has 0 bridgehead atoms. The predicted molar refractivity (Wildman–Crippen MR) is 51.5 cm³/mol. The lowest BCUT2D eigenvalue weighted by Crippen LogP contribution is -2.06. The van der Waals surface area contributed by atoms with Crippen molar-refractivity contribution in [2.75, 3.05) is 5.84 Å². The Morgan fingerprint density at radius 2 is 2.17 bits per heavy atom. The van der Waals surface area contributed by atoms with E-state index in [4.69, 9.17) is 5.84 Å². The molecule has 0 fully saturated rings. The zero-order valence-corrected chi connectivity index (χ0v) is 7.12. The average molecular weight is 160 g/mol. The van der Waals surface area contributed by atoms with E-state index in [-0.39, 0.29) is 0 Å². The largest absolute Gasteiger partial charge is 0.339 e. The highest BCUT2D eigenvalue weighted by Gasteiger charge is 2.01. The second-order valence-electron chi connectivity index (χ2n) is 2.93. The van der Waals surface area contributed by atoms with Crippen molar-refractivity contribution in [2.24, 2.45) is 0 Å². The Morgan fingerprint density at radius 1 is 1.33 bits per heavy atom. The molecule has 0 atom stereocenters. The molecule has 0 saturated carbocycles. The number of fused-ring (bicyclic) bond motifs is 1. The average Bonchev–Trinajstić information content (AvgIpc) is 2.48. The van der Waals surface area contributed by atoms with Crippen LogP contribution in [0.5, 0.6) is 0 Å². The van der Waals surface area contributed by atoms with E-state index >= 15 is 0 Å². The number of hydrogen-bond donors (Lipinski definition) is 1. The third-order valence-corrected chi connectivity index (χ3v) is 2.20. The smallest absolute Gasteiger partial charge is 0.0721 e. The van der Waals surface area contributed by atoms with Crippen LogP contribution in [-0.4, -0.2) is 4.68 Å². The van der Waals surface area contributed by atoms with Crippen molar-refractivity contribution in [3.63, 3.8) is 0 Å². The van der Waals surface area contributed by atoms with Crippen LogP contribution in [0, 0.1) is 0 Å². The number of hydrogen-bond acceptors (Lipinski definition) is 1. The molecule has 62 valence electrons. The molecule has 0 amide bonds. The van der Waals surface area contributed by atoms with Gasteiger partial charge in [-0.2, -0.15) is 0 Å². The molecule has 0 aliphatic rings. The zero-order chi connectivity index (χ0) is 8.55. The van der Waals surface area contributed by atoms with Crippen molar-refractivity contribution >= 4 is 10.9 Å². The molecule has 2 rings (SSSR count). The fourth-order valence-corrected chi connectivity index (χ4v) is 1.58. The van der Waals surface area contributed by atoms with Gasteiger partial charge in [0.15, 0.2) is 0 Å². The molecule has 12 heavy (non-hydrogen) atoms. The Morgan fingerprint density at radius 3 is 2.92 bits per heavy atom. The summed E-state index contributed by atoms with van der Waals surface area (Å²) in [5.41, 5.74) is 2.46. The van der Waals surface area contributed by atoms with E-state index in [2.05, 4.69) is 25.1 Å². The molecule has 0 saturated heterocycles. The Balaban J connectivity index is 2.84. The Hall–Kier alpha value is -1.44. The SMILES string of the molecule is CCc1cccc2ccn(N)c12. The van der Waals surface area contributed by atoms with Crippen molar-refractivity contribution in [1.29, 1.82) is 0 Å². The van der Waals surface area contributed by atoms with Gasteiger partial charge in [-0.15, -0.1) is 0 Å². The van der Waals surface area contributed by atoms with Crippen molar-refractivity contribution < 1.29 is 0 Å². The maximum Gasteiger partial charge on any atom is 0.0721 e. The highest BCUT2D eigenvalue weighted by molar-refractivity contribution is 5.83. The summed E-state index contributed by atoms with van der Waals surface area (Å²) in [5.74, 6) is 5.77. The summed E-state index contributed by atoms with van der Waals surface area (Å²) < 4.78 is 1.69. The molecular weight excluding hydrogens is 148 g/mol. The topological polar surface area (TPSA) is 30.9 Å². The minimum absolute atomic E-state index is 1.03. The maximum absolute atomic E-state index is 5.77. The predicted octanol–water partition coefficient (Wildman–Crippen LogP) is 1.92. The molecule has 1 aromatic heterocycles. The van der Waals surface area contributed by atoms with Gasteiger partial charge in [0.05, 0.1) is 5.52 Å². The number of benzene rings is 1. The molecule has 2 aromatic rings. The first-order valence-electron chi connectivity index (χ1n) is 4.17. The molecule has 2 nitrogen and oxygen atoms in total. The Labute approximate surface area is 71.6 Å². The third-order valence-electron chi connectivity index (χ3n) is 2.20. The van der Waals surface area contributed by atoms with E-state index < -0.39 is 0 Å². The minimum atomic E-state index is 1.03. The molecule has 1 heterocycles. The van der Waals surface area contributed by atoms with Gasteiger partial charge in [0.2, 0.25) is 0 Å². The number of para-hydroxylation sites is 1. The number of nitrogens with two attached hydrogens (primary N) is 1.